The van der Waals surface area contributed by atoms with Crippen LogP contribution in [0, 0.1) is 5.92 Å². The van der Waals surface area contributed by atoms with Gasteiger partial charge < -0.3 is 9.84 Å². The maximum atomic E-state index is 10.4. The molecule has 0 amide bonds. The van der Waals surface area contributed by atoms with Gasteiger partial charge in [-0.25, -0.2) is 0 Å². The van der Waals surface area contributed by atoms with Crippen molar-refractivity contribution in [3.05, 3.63) is 46.6 Å². The van der Waals surface area contributed by atoms with E-state index in [-0.39, 0.29) is 11.5 Å². The van der Waals surface area contributed by atoms with Crippen LogP contribution in [0.25, 0.3) is 0 Å². The highest BCUT2D eigenvalue weighted by atomic mass is 16.5. The fourth-order valence-electron chi connectivity index (χ4n) is 6.13. The van der Waals surface area contributed by atoms with E-state index in [1.165, 1.54) is 42.5 Å². The predicted molar refractivity (Wildman–Crippen MR) is 97.1 cm³/mol. The fraction of sp³-hybridized carbons (Fsp3) is 0.545. The number of likely N-dealkylation sites (tertiary alicyclic amines) is 1. The summed E-state index contributed by atoms with van der Waals surface area (Å²) >= 11 is 0. The summed E-state index contributed by atoms with van der Waals surface area (Å²) in [5.74, 6) is 1.97. The third-order valence-electron chi connectivity index (χ3n) is 7.53. The standard InChI is InChI=1S/C22H25NO2/c1-13-5-7-16-17-11-15-6-8-18(24)20-19(15)22(16,21(13)25-20)9-10-23(17)12-14-3-2-4-14/h5-8,14,17,21,24H,2-4,9-12H2,1H3/t17?,21-,22-/m0/s1. The molecular formula is C22H25NO2. The van der Waals surface area contributed by atoms with Gasteiger partial charge in [-0.2, -0.15) is 0 Å². The normalized spacial score (nSPS) is 35.4. The lowest BCUT2D eigenvalue weighted by molar-refractivity contribution is 0.0711. The molecule has 1 spiro atoms. The number of aromatic hydroxyl groups is 1. The Morgan fingerprint density at radius 1 is 1.28 bits per heavy atom. The van der Waals surface area contributed by atoms with Gasteiger partial charge in [0, 0.05) is 24.7 Å². The average Bonchev–Trinajstić information content (AvgIpc) is 2.92. The second kappa shape index (κ2) is 4.70. The van der Waals surface area contributed by atoms with Crippen molar-refractivity contribution in [1.82, 2.24) is 4.90 Å². The van der Waals surface area contributed by atoms with Gasteiger partial charge in [0.25, 0.3) is 0 Å². The van der Waals surface area contributed by atoms with Crippen LogP contribution in [0.3, 0.4) is 0 Å². The fourth-order valence-corrected chi connectivity index (χ4v) is 6.13. The molecule has 130 valence electrons. The van der Waals surface area contributed by atoms with E-state index in [9.17, 15) is 5.11 Å². The molecule has 3 heteroatoms. The third kappa shape index (κ3) is 1.66. The molecule has 3 atom stereocenters. The quantitative estimate of drug-likeness (QED) is 0.894. The van der Waals surface area contributed by atoms with Gasteiger partial charge in [0.15, 0.2) is 11.5 Å². The zero-order chi connectivity index (χ0) is 16.8. The molecule has 2 aliphatic heterocycles. The van der Waals surface area contributed by atoms with Gasteiger partial charge in [0.05, 0.1) is 5.41 Å². The summed E-state index contributed by atoms with van der Waals surface area (Å²) in [4.78, 5) is 2.75. The highest BCUT2D eigenvalue weighted by Gasteiger charge is 2.61. The van der Waals surface area contributed by atoms with Crippen molar-refractivity contribution < 1.29 is 9.84 Å². The number of nitrogens with zero attached hydrogens (tertiary/aromatic N) is 1. The van der Waals surface area contributed by atoms with E-state index in [0.717, 1.165) is 31.1 Å². The highest BCUT2D eigenvalue weighted by molar-refractivity contribution is 5.67. The Bertz CT molecular complexity index is 835. The van der Waals surface area contributed by atoms with Crippen LogP contribution in [0.4, 0.5) is 0 Å². The van der Waals surface area contributed by atoms with Crippen molar-refractivity contribution in [1.29, 1.82) is 0 Å². The second-order valence-corrected chi connectivity index (χ2v) is 8.71. The molecule has 1 saturated heterocycles. The van der Waals surface area contributed by atoms with Crippen molar-refractivity contribution in [2.75, 3.05) is 13.1 Å². The van der Waals surface area contributed by atoms with Gasteiger partial charge in [0.1, 0.15) is 6.10 Å². The number of hydrogen-bond acceptors (Lipinski definition) is 3. The largest absolute Gasteiger partial charge is 0.504 e. The molecule has 0 aromatic heterocycles. The van der Waals surface area contributed by atoms with Gasteiger partial charge >= 0.3 is 0 Å². The van der Waals surface area contributed by atoms with Crippen LogP contribution in [0.15, 0.2) is 35.4 Å². The van der Waals surface area contributed by atoms with E-state index in [2.05, 4.69) is 30.0 Å². The number of allylic oxidation sites excluding steroid dienone is 2. The first-order chi connectivity index (χ1) is 12.2. The molecule has 25 heavy (non-hydrogen) atoms. The summed E-state index contributed by atoms with van der Waals surface area (Å²) in [5.41, 5.74) is 5.51. The molecule has 1 N–H and O–H groups in total. The highest BCUT2D eigenvalue weighted by Crippen LogP contribution is 2.62. The molecular weight excluding hydrogens is 310 g/mol. The Balaban J connectivity index is 1.52. The van der Waals surface area contributed by atoms with E-state index in [4.69, 9.17) is 4.74 Å². The zero-order valence-corrected chi connectivity index (χ0v) is 14.8. The van der Waals surface area contributed by atoms with Crippen LogP contribution in [0.1, 0.15) is 43.7 Å². The van der Waals surface area contributed by atoms with Crippen molar-refractivity contribution >= 4 is 0 Å². The molecule has 3 aliphatic carbocycles. The molecule has 2 bridgehead atoms. The number of rotatable bonds is 2. The van der Waals surface area contributed by atoms with Crippen LogP contribution in [-0.4, -0.2) is 35.2 Å². The minimum atomic E-state index is -0.0265. The van der Waals surface area contributed by atoms with Gasteiger partial charge in [-0.15, -0.1) is 0 Å². The van der Waals surface area contributed by atoms with E-state index < -0.39 is 0 Å². The van der Waals surface area contributed by atoms with E-state index >= 15 is 0 Å². The molecule has 5 aliphatic rings. The Kier molecular flexibility index (Phi) is 2.71. The Morgan fingerprint density at radius 3 is 2.96 bits per heavy atom. The van der Waals surface area contributed by atoms with Crippen LogP contribution in [0.5, 0.6) is 11.5 Å². The molecule has 6 rings (SSSR count). The van der Waals surface area contributed by atoms with Gasteiger partial charge in [-0.1, -0.05) is 24.6 Å². The monoisotopic (exact) mass is 335 g/mol. The molecule has 3 nitrogen and oxygen atoms in total. The summed E-state index contributed by atoms with van der Waals surface area (Å²) in [6, 6.07) is 4.49. The van der Waals surface area contributed by atoms with Crippen molar-refractivity contribution in [3.8, 4) is 11.5 Å². The van der Waals surface area contributed by atoms with Crippen LogP contribution in [0.2, 0.25) is 0 Å². The number of phenolic OH excluding ortho intramolecular Hbond substituents is 1. The maximum Gasteiger partial charge on any atom is 0.166 e. The van der Waals surface area contributed by atoms with Gasteiger partial charge in [0.2, 0.25) is 0 Å². The molecule has 1 saturated carbocycles. The van der Waals surface area contributed by atoms with Crippen molar-refractivity contribution in [2.24, 2.45) is 5.92 Å². The minimum absolute atomic E-state index is 0.0265. The van der Waals surface area contributed by atoms with E-state index in [0.29, 0.717) is 11.8 Å². The predicted octanol–water partition coefficient (Wildman–Crippen LogP) is 3.71. The molecule has 1 aromatic rings. The molecule has 2 heterocycles. The summed E-state index contributed by atoms with van der Waals surface area (Å²) in [6.45, 7) is 4.59. The minimum Gasteiger partial charge on any atom is -0.504 e. The van der Waals surface area contributed by atoms with Gasteiger partial charge in [-0.05, 0) is 61.3 Å². The van der Waals surface area contributed by atoms with E-state index in [1.807, 2.05) is 6.07 Å². The Labute approximate surface area is 149 Å². The number of phenols is 1. The van der Waals surface area contributed by atoms with Gasteiger partial charge in [-0.3, -0.25) is 4.90 Å². The molecule has 1 unspecified atom stereocenters. The SMILES string of the molecule is CC1=CC=C2C3Cc4ccc(O)c5c4[C@@]2(CCN3CC2CCC2)[C@H]1O5. The first kappa shape index (κ1) is 14.4. The Morgan fingerprint density at radius 2 is 2.16 bits per heavy atom. The summed E-state index contributed by atoms with van der Waals surface area (Å²) in [7, 11) is 0. The lowest BCUT2D eigenvalue weighted by atomic mass is 9.56. The number of hydrogen-bond donors (Lipinski definition) is 1. The van der Waals surface area contributed by atoms with E-state index in [1.54, 1.807) is 5.57 Å². The molecule has 2 fully saturated rings. The number of piperidine rings is 1. The lowest BCUT2D eigenvalue weighted by Gasteiger charge is -2.54. The second-order valence-electron chi connectivity index (χ2n) is 8.71. The van der Waals surface area contributed by atoms with Crippen molar-refractivity contribution in [3.63, 3.8) is 0 Å². The summed E-state index contributed by atoms with van der Waals surface area (Å²) < 4.78 is 6.39. The topological polar surface area (TPSA) is 32.7 Å². The van der Waals surface area contributed by atoms with Crippen molar-refractivity contribution in [2.45, 2.75) is 56.6 Å². The first-order valence-corrected chi connectivity index (χ1v) is 9.83. The summed E-state index contributed by atoms with van der Waals surface area (Å²) in [6.07, 6.45) is 11.1. The third-order valence-corrected chi connectivity index (χ3v) is 7.53. The molecule has 0 radical (unpaired) electrons. The maximum absolute atomic E-state index is 10.4. The molecule has 1 aromatic carbocycles. The zero-order valence-electron chi connectivity index (χ0n) is 14.8. The van der Waals surface area contributed by atoms with Crippen LogP contribution < -0.4 is 4.74 Å². The van der Waals surface area contributed by atoms with Crippen LogP contribution >= 0.6 is 0 Å². The first-order valence-electron chi connectivity index (χ1n) is 9.83. The Hall–Kier alpha value is -1.74. The number of benzene rings is 1. The average molecular weight is 335 g/mol. The summed E-state index contributed by atoms with van der Waals surface area (Å²) in [5, 5.41) is 10.4. The lowest BCUT2D eigenvalue weighted by Crippen LogP contribution is -2.60. The van der Waals surface area contributed by atoms with Crippen LogP contribution in [-0.2, 0) is 11.8 Å². The number of ether oxygens (including phenoxy) is 1. The smallest absolute Gasteiger partial charge is 0.166 e.